The van der Waals surface area contributed by atoms with Crippen LogP contribution in [0, 0.1) is 0 Å². The highest BCUT2D eigenvalue weighted by Crippen LogP contribution is 2.28. The molecule has 1 heterocycles. The zero-order valence-electron chi connectivity index (χ0n) is 14.3. The van der Waals surface area contributed by atoms with Crippen LogP contribution in [0.4, 0.5) is 10.8 Å². The summed E-state index contributed by atoms with van der Waals surface area (Å²) in [4.78, 5) is 11.7. The summed E-state index contributed by atoms with van der Waals surface area (Å²) in [5.41, 5.74) is 2.30. The molecule has 0 saturated carbocycles. The van der Waals surface area contributed by atoms with Gasteiger partial charge in [-0.25, -0.2) is 0 Å². The molecule has 1 aromatic heterocycles. The van der Waals surface area contributed by atoms with Crippen LogP contribution in [0.15, 0.2) is 28.6 Å². The predicted octanol–water partition coefficient (Wildman–Crippen LogP) is 4.41. The Bertz CT molecular complexity index is 640. The number of hydrogen-bond donors (Lipinski definition) is 2. The van der Waals surface area contributed by atoms with Crippen molar-refractivity contribution in [3.05, 3.63) is 29.8 Å². The maximum absolute atomic E-state index is 11.7. The molecule has 130 valence electrons. The minimum atomic E-state index is 0.0439. The second kappa shape index (κ2) is 9.64. The van der Waals surface area contributed by atoms with Crippen LogP contribution < -0.4 is 10.6 Å². The van der Waals surface area contributed by atoms with Gasteiger partial charge in [0.05, 0.1) is 5.75 Å². The van der Waals surface area contributed by atoms with E-state index >= 15 is 0 Å². The van der Waals surface area contributed by atoms with E-state index in [4.69, 9.17) is 0 Å². The molecule has 2 aromatic rings. The Kier molecular flexibility index (Phi) is 7.52. The van der Waals surface area contributed by atoms with Crippen molar-refractivity contribution in [3.8, 4) is 0 Å². The molecule has 0 saturated heterocycles. The lowest BCUT2D eigenvalue weighted by atomic mass is 10.0. The van der Waals surface area contributed by atoms with Crippen molar-refractivity contribution in [1.29, 1.82) is 0 Å². The normalized spacial score (nSPS) is 10.8. The molecule has 0 bridgehead atoms. The van der Waals surface area contributed by atoms with E-state index in [0.29, 0.717) is 11.7 Å². The molecular weight excluding hydrogens is 340 g/mol. The summed E-state index contributed by atoms with van der Waals surface area (Å²) in [7, 11) is 0. The molecule has 0 fully saturated rings. The molecule has 5 nitrogen and oxygen atoms in total. The second-order valence-corrected chi connectivity index (χ2v) is 7.97. The fourth-order valence-corrected chi connectivity index (χ4v) is 3.58. The fraction of sp³-hybridized carbons (Fsp3) is 0.471. The Balaban J connectivity index is 1.81. The topological polar surface area (TPSA) is 66.9 Å². The van der Waals surface area contributed by atoms with Crippen LogP contribution in [0.25, 0.3) is 0 Å². The van der Waals surface area contributed by atoms with E-state index in [0.717, 1.165) is 34.5 Å². The van der Waals surface area contributed by atoms with Gasteiger partial charge in [0.1, 0.15) is 0 Å². The van der Waals surface area contributed by atoms with Crippen molar-refractivity contribution < 1.29 is 4.79 Å². The largest absolute Gasteiger partial charge is 0.355 e. The molecule has 1 aromatic carbocycles. The Labute approximate surface area is 151 Å². The van der Waals surface area contributed by atoms with E-state index < -0.39 is 0 Å². The highest BCUT2D eigenvalue weighted by molar-refractivity contribution is 8.01. The Morgan fingerprint density at radius 1 is 1.25 bits per heavy atom. The Morgan fingerprint density at radius 2 is 2.00 bits per heavy atom. The second-order valence-electron chi connectivity index (χ2n) is 5.77. The molecule has 24 heavy (non-hydrogen) atoms. The molecule has 2 rings (SSSR count). The van der Waals surface area contributed by atoms with E-state index in [2.05, 4.69) is 53.7 Å². The number of nitrogens with one attached hydrogen (secondary N) is 2. The first-order chi connectivity index (χ1) is 11.6. The van der Waals surface area contributed by atoms with Crippen LogP contribution >= 0.6 is 23.1 Å². The maximum atomic E-state index is 11.7. The highest BCUT2D eigenvalue weighted by atomic mass is 32.2. The predicted molar refractivity (Wildman–Crippen MR) is 102 cm³/mol. The van der Waals surface area contributed by atoms with Crippen LogP contribution in [0.3, 0.4) is 0 Å². The van der Waals surface area contributed by atoms with E-state index in [-0.39, 0.29) is 5.91 Å². The number of unbranched alkanes of at least 4 members (excludes halogenated alkanes) is 1. The van der Waals surface area contributed by atoms with Gasteiger partial charge in [-0.05, 0) is 30.0 Å². The van der Waals surface area contributed by atoms with Crippen molar-refractivity contribution in [1.82, 2.24) is 15.5 Å². The van der Waals surface area contributed by atoms with Gasteiger partial charge in [0.25, 0.3) is 0 Å². The average Bonchev–Trinajstić information content (AvgIpc) is 3.01. The lowest BCUT2D eigenvalue weighted by Gasteiger charge is -2.06. The number of carbonyl (C=O) groups excluding carboxylic acids is 1. The molecule has 1 amide bonds. The molecular formula is C17H24N4OS2. The van der Waals surface area contributed by atoms with Crippen LogP contribution in [-0.4, -0.2) is 28.4 Å². The number of hydrogen-bond acceptors (Lipinski definition) is 6. The van der Waals surface area contributed by atoms with E-state index in [1.165, 1.54) is 28.7 Å². The zero-order chi connectivity index (χ0) is 17.4. The first-order valence-corrected chi connectivity index (χ1v) is 9.98. The van der Waals surface area contributed by atoms with Crippen LogP contribution in [-0.2, 0) is 4.79 Å². The van der Waals surface area contributed by atoms with Gasteiger partial charge < -0.3 is 10.6 Å². The molecule has 0 spiro atoms. The summed E-state index contributed by atoms with van der Waals surface area (Å²) in [6, 6.07) is 8.32. The lowest BCUT2D eigenvalue weighted by molar-refractivity contribution is -0.118. The van der Waals surface area contributed by atoms with Gasteiger partial charge in [-0.3, -0.25) is 4.79 Å². The maximum Gasteiger partial charge on any atom is 0.230 e. The minimum Gasteiger partial charge on any atom is -0.355 e. The van der Waals surface area contributed by atoms with E-state index in [1.807, 2.05) is 12.1 Å². The standard InChI is InChI=1S/C17H24N4OS2/c1-4-5-10-18-15(22)11-23-17-21-20-16(24-17)19-14-8-6-13(7-9-14)12(2)3/h6-9,12H,4-5,10-11H2,1-3H3,(H,18,22)(H,19,20). The third-order valence-corrected chi connectivity index (χ3v) is 5.39. The Morgan fingerprint density at radius 3 is 2.67 bits per heavy atom. The number of carbonyl (C=O) groups is 1. The van der Waals surface area contributed by atoms with Crippen molar-refractivity contribution in [2.75, 3.05) is 17.6 Å². The van der Waals surface area contributed by atoms with Crippen LogP contribution in [0.2, 0.25) is 0 Å². The quantitative estimate of drug-likeness (QED) is 0.509. The summed E-state index contributed by atoms with van der Waals surface area (Å²) in [5, 5.41) is 15.1. The van der Waals surface area contributed by atoms with Gasteiger partial charge in [-0.2, -0.15) is 0 Å². The molecule has 0 radical (unpaired) electrons. The van der Waals surface area contributed by atoms with Gasteiger partial charge in [0.15, 0.2) is 4.34 Å². The number of aromatic nitrogens is 2. The summed E-state index contributed by atoms with van der Waals surface area (Å²) < 4.78 is 0.793. The number of nitrogens with zero attached hydrogens (tertiary/aromatic N) is 2. The molecule has 0 aliphatic heterocycles. The van der Waals surface area contributed by atoms with Crippen LogP contribution in [0.5, 0.6) is 0 Å². The molecule has 0 aliphatic rings. The molecule has 0 atom stereocenters. The summed E-state index contributed by atoms with van der Waals surface area (Å²) in [6.45, 7) is 7.20. The third kappa shape index (κ3) is 6.13. The van der Waals surface area contributed by atoms with Gasteiger partial charge in [0, 0.05) is 12.2 Å². The number of benzene rings is 1. The summed E-state index contributed by atoms with van der Waals surface area (Å²) in [5.74, 6) is 0.941. The van der Waals surface area contributed by atoms with E-state index in [9.17, 15) is 4.79 Å². The van der Waals surface area contributed by atoms with Gasteiger partial charge in [-0.1, -0.05) is 62.4 Å². The lowest BCUT2D eigenvalue weighted by Crippen LogP contribution is -2.25. The summed E-state index contributed by atoms with van der Waals surface area (Å²) in [6.07, 6.45) is 2.09. The molecule has 0 aliphatic carbocycles. The van der Waals surface area contributed by atoms with Gasteiger partial charge in [0.2, 0.25) is 11.0 Å². The number of rotatable bonds is 9. The number of thioether (sulfide) groups is 1. The summed E-state index contributed by atoms with van der Waals surface area (Å²) >= 11 is 2.88. The van der Waals surface area contributed by atoms with Crippen molar-refractivity contribution in [2.45, 2.75) is 43.9 Å². The molecule has 2 N–H and O–H groups in total. The highest BCUT2D eigenvalue weighted by Gasteiger charge is 2.08. The van der Waals surface area contributed by atoms with Crippen molar-refractivity contribution >= 4 is 39.8 Å². The van der Waals surface area contributed by atoms with Gasteiger partial charge in [-0.15, -0.1) is 10.2 Å². The Hall–Kier alpha value is -1.60. The smallest absolute Gasteiger partial charge is 0.230 e. The SMILES string of the molecule is CCCCNC(=O)CSc1nnc(Nc2ccc(C(C)C)cc2)s1. The fourth-order valence-electron chi connectivity index (χ4n) is 1.98. The minimum absolute atomic E-state index is 0.0439. The zero-order valence-corrected chi connectivity index (χ0v) is 16.0. The van der Waals surface area contributed by atoms with Crippen molar-refractivity contribution in [2.24, 2.45) is 0 Å². The van der Waals surface area contributed by atoms with E-state index in [1.54, 1.807) is 0 Å². The first-order valence-electron chi connectivity index (χ1n) is 8.18. The third-order valence-electron chi connectivity index (χ3n) is 3.41. The number of amides is 1. The average molecular weight is 365 g/mol. The molecule has 0 unspecified atom stereocenters. The van der Waals surface area contributed by atoms with Crippen LogP contribution in [0.1, 0.15) is 45.1 Å². The first kappa shape index (κ1) is 18.7. The van der Waals surface area contributed by atoms with Crippen molar-refractivity contribution in [3.63, 3.8) is 0 Å². The van der Waals surface area contributed by atoms with Gasteiger partial charge >= 0.3 is 0 Å². The number of anilines is 2. The molecule has 7 heteroatoms. The monoisotopic (exact) mass is 364 g/mol.